The lowest BCUT2D eigenvalue weighted by Gasteiger charge is -2.71. The topological polar surface area (TPSA) is 78.9 Å². The van der Waals surface area contributed by atoms with Crippen molar-refractivity contribution in [2.24, 2.45) is 50.2 Å². The zero-order valence-corrected chi connectivity index (χ0v) is 29.5. The Morgan fingerprint density at radius 1 is 0.848 bits per heavy atom. The molecule has 4 saturated carbocycles. The van der Waals surface area contributed by atoms with Gasteiger partial charge < -0.3 is 14.2 Å². The van der Waals surface area contributed by atoms with Crippen molar-refractivity contribution in [3.05, 3.63) is 47.5 Å². The predicted molar refractivity (Wildman–Crippen MR) is 178 cm³/mol. The van der Waals surface area contributed by atoms with Crippen LogP contribution >= 0.6 is 0 Å². The molecular weight excluding hydrogens is 576 g/mol. The van der Waals surface area contributed by atoms with Gasteiger partial charge in [0.05, 0.1) is 18.1 Å². The summed E-state index contributed by atoms with van der Waals surface area (Å²) in [6.07, 6.45) is 11.6. The third-order valence-corrected chi connectivity index (χ3v) is 14.6. The summed E-state index contributed by atoms with van der Waals surface area (Å²) in [6.45, 7) is 16.1. The van der Waals surface area contributed by atoms with E-state index in [0.717, 1.165) is 64.2 Å². The molecule has 8 atom stereocenters. The maximum atomic E-state index is 13.8. The quantitative estimate of drug-likeness (QED) is 0.184. The van der Waals surface area contributed by atoms with Gasteiger partial charge in [0.2, 0.25) is 0 Å². The minimum absolute atomic E-state index is 0.0361. The summed E-state index contributed by atoms with van der Waals surface area (Å²) in [6, 6.07) is 9.32. The molecule has 6 rings (SSSR count). The highest BCUT2D eigenvalue weighted by molar-refractivity contribution is 5.89. The van der Waals surface area contributed by atoms with Gasteiger partial charge in [-0.3, -0.25) is 9.59 Å². The smallest absolute Gasteiger partial charge is 0.338 e. The number of rotatable bonds is 5. The largest absolute Gasteiger partial charge is 0.469 e. The first-order valence-corrected chi connectivity index (χ1v) is 17.7. The second-order valence-electron chi connectivity index (χ2n) is 17.5. The Morgan fingerprint density at radius 2 is 1.54 bits per heavy atom. The monoisotopic (exact) mass is 632 g/mol. The number of esters is 3. The van der Waals surface area contributed by atoms with E-state index in [-0.39, 0.29) is 57.0 Å². The molecule has 0 unspecified atom stereocenters. The van der Waals surface area contributed by atoms with E-state index in [1.54, 1.807) is 7.11 Å². The number of hydrogen-bond acceptors (Lipinski definition) is 6. The Bertz CT molecular complexity index is 1410. The van der Waals surface area contributed by atoms with Crippen molar-refractivity contribution < 1.29 is 28.6 Å². The van der Waals surface area contributed by atoms with Crippen LogP contribution in [0.2, 0.25) is 0 Å². The number of benzene rings is 1. The minimum Gasteiger partial charge on any atom is -0.469 e. The van der Waals surface area contributed by atoms with Crippen LogP contribution in [0, 0.1) is 50.2 Å². The third kappa shape index (κ3) is 4.81. The van der Waals surface area contributed by atoms with Crippen LogP contribution in [-0.4, -0.2) is 37.7 Å². The number of allylic oxidation sites excluding steroid dienone is 1. The zero-order chi connectivity index (χ0) is 33.3. The van der Waals surface area contributed by atoms with Gasteiger partial charge in [-0.25, -0.2) is 4.79 Å². The Balaban J connectivity index is 1.45. The first-order chi connectivity index (χ1) is 21.6. The zero-order valence-electron chi connectivity index (χ0n) is 29.5. The van der Waals surface area contributed by atoms with Crippen LogP contribution in [0.3, 0.4) is 0 Å². The molecule has 0 spiro atoms. The van der Waals surface area contributed by atoms with E-state index < -0.39 is 5.41 Å². The van der Waals surface area contributed by atoms with Crippen molar-refractivity contribution in [2.75, 3.05) is 13.7 Å². The lowest BCUT2D eigenvalue weighted by atomic mass is 9.33. The Hall–Kier alpha value is -2.63. The molecule has 6 heteroatoms. The number of methoxy groups -OCH3 is 1. The number of hydrogen-bond donors (Lipinski definition) is 0. The summed E-state index contributed by atoms with van der Waals surface area (Å²) in [5.74, 6) is 0.291. The molecule has 46 heavy (non-hydrogen) atoms. The SMILES string of the molecule is COC(=O)[C@]12CCC(C)(C)C[C@@H]1C1=CC[C@@H]3[C@]4(C)CC[C@H](OC(C)=O)C(C)(C)[C@H]4CC[C@@]3(C)[C@]1(COC(=O)c1ccccc1)CC2. The Labute approximate surface area is 276 Å². The van der Waals surface area contributed by atoms with Crippen LogP contribution in [-0.2, 0) is 23.8 Å². The van der Waals surface area contributed by atoms with E-state index in [0.29, 0.717) is 24.0 Å². The first kappa shape index (κ1) is 33.3. The molecular formula is C40H56O6. The maximum Gasteiger partial charge on any atom is 0.338 e. The second-order valence-corrected chi connectivity index (χ2v) is 17.5. The standard InChI is InChI=1S/C40H56O6/c1-26(41)46-32-17-18-37(6)30(36(32,4)5)16-19-38(7)31(37)15-14-28-29-24-35(2,3)20-21-39(29,34(43)44-8)22-23-40(28,38)25-45-33(42)27-12-10-9-11-13-27/h9-14,29-32H,15-25H2,1-8H3/t29-,30-,31-,32+,37-,38-,39+,40+/m1/s1. The third-order valence-electron chi connectivity index (χ3n) is 14.6. The van der Waals surface area contributed by atoms with Gasteiger partial charge in [-0.05, 0) is 110 Å². The maximum absolute atomic E-state index is 13.8. The van der Waals surface area contributed by atoms with Gasteiger partial charge in [-0.2, -0.15) is 0 Å². The van der Waals surface area contributed by atoms with Gasteiger partial charge >= 0.3 is 17.9 Å². The Morgan fingerprint density at radius 3 is 2.22 bits per heavy atom. The summed E-state index contributed by atoms with van der Waals surface area (Å²) < 4.78 is 17.9. The summed E-state index contributed by atoms with van der Waals surface area (Å²) in [5.41, 5.74) is 0.887. The van der Waals surface area contributed by atoms with E-state index in [2.05, 4.69) is 47.6 Å². The summed E-state index contributed by atoms with van der Waals surface area (Å²) in [4.78, 5) is 39.4. The molecule has 0 amide bonds. The predicted octanol–water partition coefficient (Wildman–Crippen LogP) is 8.73. The van der Waals surface area contributed by atoms with Crippen LogP contribution in [0.25, 0.3) is 0 Å². The molecule has 0 saturated heterocycles. The lowest BCUT2D eigenvalue weighted by Crippen LogP contribution is -2.67. The van der Waals surface area contributed by atoms with E-state index in [4.69, 9.17) is 14.2 Å². The molecule has 0 bridgehead atoms. The summed E-state index contributed by atoms with van der Waals surface area (Å²) in [7, 11) is 1.54. The molecule has 0 radical (unpaired) electrons. The van der Waals surface area contributed by atoms with Gasteiger partial charge in [0.15, 0.2) is 0 Å². The van der Waals surface area contributed by atoms with Crippen LogP contribution in [0.4, 0.5) is 0 Å². The number of carbonyl (C=O) groups is 3. The highest BCUT2D eigenvalue weighted by Crippen LogP contribution is 2.76. The average molecular weight is 633 g/mol. The molecule has 4 fully saturated rings. The molecule has 0 N–H and O–H groups in total. The molecule has 6 nitrogen and oxygen atoms in total. The van der Waals surface area contributed by atoms with Crippen molar-refractivity contribution in [3.8, 4) is 0 Å². The van der Waals surface area contributed by atoms with Crippen molar-refractivity contribution in [1.82, 2.24) is 0 Å². The van der Waals surface area contributed by atoms with Gasteiger partial charge in [0, 0.05) is 17.8 Å². The van der Waals surface area contributed by atoms with Crippen LogP contribution in [0.5, 0.6) is 0 Å². The van der Waals surface area contributed by atoms with Crippen molar-refractivity contribution in [3.63, 3.8) is 0 Å². The fourth-order valence-electron chi connectivity index (χ4n) is 12.2. The van der Waals surface area contributed by atoms with Crippen molar-refractivity contribution >= 4 is 17.9 Å². The molecule has 5 aliphatic carbocycles. The second kappa shape index (κ2) is 11.2. The lowest BCUT2D eigenvalue weighted by molar-refractivity contribution is -0.220. The first-order valence-electron chi connectivity index (χ1n) is 17.7. The van der Waals surface area contributed by atoms with E-state index in [1.807, 2.05) is 30.3 Å². The van der Waals surface area contributed by atoms with Crippen molar-refractivity contribution in [1.29, 1.82) is 0 Å². The number of ether oxygens (including phenoxy) is 3. The number of fused-ring (bicyclic) bond motifs is 7. The van der Waals surface area contributed by atoms with Crippen LogP contribution in [0.1, 0.15) is 123 Å². The van der Waals surface area contributed by atoms with Gasteiger partial charge in [0.1, 0.15) is 12.7 Å². The fourth-order valence-corrected chi connectivity index (χ4v) is 12.2. The Kier molecular flexibility index (Phi) is 8.12. The van der Waals surface area contributed by atoms with Gasteiger partial charge in [-0.15, -0.1) is 0 Å². The van der Waals surface area contributed by atoms with Crippen LogP contribution in [0.15, 0.2) is 42.0 Å². The van der Waals surface area contributed by atoms with Gasteiger partial charge in [0.25, 0.3) is 0 Å². The van der Waals surface area contributed by atoms with Crippen LogP contribution < -0.4 is 0 Å². The summed E-state index contributed by atoms with van der Waals surface area (Å²) in [5, 5.41) is 0. The van der Waals surface area contributed by atoms with Gasteiger partial charge in [-0.1, -0.05) is 71.4 Å². The van der Waals surface area contributed by atoms with E-state index >= 15 is 0 Å². The fraction of sp³-hybridized carbons (Fsp3) is 0.725. The van der Waals surface area contributed by atoms with E-state index in [9.17, 15) is 14.4 Å². The normalized spacial score (nSPS) is 40.5. The molecule has 1 aromatic carbocycles. The molecule has 0 heterocycles. The molecule has 0 aromatic heterocycles. The van der Waals surface area contributed by atoms with E-state index in [1.165, 1.54) is 12.5 Å². The molecule has 0 aliphatic heterocycles. The number of carbonyl (C=O) groups excluding carboxylic acids is 3. The average Bonchev–Trinajstić information content (AvgIpc) is 3.01. The molecule has 5 aliphatic rings. The summed E-state index contributed by atoms with van der Waals surface area (Å²) >= 11 is 0. The molecule has 252 valence electrons. The van der Waals surface area contributed by atoms with Crippen molar-refractivity contribution in [2.45, 2.75) is 119 Å². The highest BCUT2D eigenvalue weighted by Gasteiger charge is 2.71. The highest BCUT2D eigenvalue weighted by atomic mass is 16.5. The molecule has 1 aromatic rings. The minimum atomic E-state index is -0.530.